The minimum atomic E-state index is 0.894. The van der Waals surface area contributed by atoms with E-state index in [2.05, 4.69) is 10.1 Å². The van der Waals surface area contributed by atoms with E-state index in [0.29, 0.717) is 0 Å². The van der Waals surface area contributed by atoms with E-state index in [1.165, 1.54) is 5.56 Å². The zero-order valence-electron chi connectivity index (χ0n) is 11.7. The van der Waals surface area contributed by atoms with Gasteiger partial charge < -0.3 is 0 Å². The smallest absolute Gasteiger partial charge is 0.155 e. The number of rotatable bonds is 0. The van der Waals surface area contributed by atoms with E-state index in [4.69, 9.17) is 0 Å². The summed E-state index contributed by atoms with van der Waals surface area (Å²) < 4.78 is 1.76. The Labute approximate surface area is 99.5 Å². The number of pyridine rings is 1. The number of hydrogen-bond donors (Lipinski definition) is 0. The Hall–Kier alpha value is -1.38. The minimum absolute atomic E-state index is 0.894. The summed E-state index contributed by atoms with van der Waals surface area (Å²) in [7, 11) is 0. The molecule has 2 rings (SSSR count). The fraction of sp³-hybridized carbons (Fsp3) is 0.538. The highest BCUT2D eigenvalue weighted by molar-refractivity contribution is 5.36. The van der Waals surface area contributed by atoms with Gasteiger partial charge in [-0.3, -0.25) is 0 Å². The lowest BCUT2D eigenvalue weighted by Gasteiger charge is -1.91. The molecule has 3 nitrogen and oxygen atoms in total. The Bertz CT molecular complexity index is 353. The Morgan fingerprint density at radius 1 is 0.938 bits per heavy atom. The molecule has 16 heavy (non-hydrogen) atoms. The van der Waals surface area contributed by atoms with Crippen LogP contribution in [0.3, 0.4) is 0 Å². The summed E-state index contributed by atoms with van der Waals surface area (Å²) in [5.41, 5.74) is 2.09. The first kappa shape index (κ1) is 17.0. The van der Waals surface area contributed by atoms with E-state index in [9.17, 15) is 0 Å². The van der Waals surface area contributed by atoms with Crippen molar-refractivity contribution in [2.24, 2.45) is 0 Å². The second kappa shape index (κ2) is 11.7. The van der Waals surface area contributed by atoms with Gasteiger partial charge in [-0.25, -0.2) is 9.50 Å². The molecular weight excluding hydrogens is 198 g/mol. The van der Waals surface area contributed by atoms with Gasteiger partial charge in [-0.2, -0.15) is 5.10 Å². The summed E-state index contributed by atoms with van der Waals surface area (Å²) in [6, 6.07) is 3.96. The van der Waals surface area contributed by atoms with Crippen LogP contribution in [0.25, 0.3) is 5.65 Å². The fourth-order valence-electron chi connectivity index (χ4n) is 0.920. The highest BCUT2D eigenvalue weighted by atomic mass is 15.3. The predicted octanol–water partition coefficient (Wildman–Crippen LogP) is 4.12. The third-order valence-corrected chi connectivity index (χ3v) is 1.42. The lowest BCUT2D eigenvalue weighted by molar-refractivity contribution is 0.952. The molecule has 0 unspecified atom stereocenters. The molecule has 0 atom stereocenters. The highest BCUT2D eigenvalue weighted by Gasteiger charge is 1.91. The first-order chi connectivity index (χ1) is 7.86. The minimum Gasteiger partial charge on any atom is -0.221 e. The summed E-state index contributed by atoms with van der Waals surface area (Å²) in [6.45, 7) is 14.0. The molecule has 0 aliphatic rings. The van der Waals surface area contributed by atoms with E-state index in [0.717, 1.165) is 5.65 Å². The number of aromatic nitrogens is 3. The van der Waals surface area contributed by atoms with Crippen LogP contribution in [0.4, 0.5) is 0 Å². The quantitative estimate of drug-likeness (QED) is 0.672. The molecule has 2 aromatic rings. The maximum atomic E-state index is 4.01. The molecule has 0 bridgehead atoms. The Morgan fingerprint density at radius 3 is 2.06 bits per heavy atom. The normalized spacial score (nSPS) is 7.69. The van der Waals surface area contributed by atoms with Gasteiger partial charge in [-0.05, 0) is 18.6 Å². The van der Waals surface area contributed by atoms with Gasteiger partial charge in [0, 0.05) is 6.20 Å². The number of aryl methyl sites for hydroxylation is 1. The van der Waals surface area contributed by atoms with Gasteiger partial charge in [0.15, 0.2) is 5.65 Å². The SMILES string of the molecule is CC.CC.CC.Cc1ccc2ncnn2c1. The third-order valence-electron chi connectivity index (χ3n) is 1.42. The van der Waals surface area contributed by atoms with E-state index < -0.39 is 0 Å². The molecule has 0 N–H and O–H groups in total. The molecule has 0 aromatic carbocycles. The monoisotopic (exact) mass is 223 g/mol. The maximum Gasteiger partial charge on any atom is 0.155 e. The standard InChI is InChI=1S/C7H7N3.3C2H6/c1-6-2-3-7-8-5-9-10(7)4-6;3*1-2/h2-5H,1H3;3*1-2H3. The van der Waals surface area contributed by atoms with Crippen molar-refractivity contribution in [2.45, 2.75) is 48.5 Å². The Morgan fingerprint density at radius 2 is 1.50 bits per heavy atom. The average molecular weight is 223 g/mol. The van der Waals surface area contributed by atoms with Gasteiger partial charge in [0.05, 0.1) is 0 Å². The second-order valence-electron chi connectivity index (χ2n) is 2.27. The van der Waals surface area contributed by atoms with Crippen molar-refractivity contribution < 1.29 is 0 Å². The van der Waals surface area contributed by atoms with Crippen LogP contribution in [0.2, 0.25) is 0 Å². The molecule has 2 heterocycles. The van der Waals surface area contributed by atoms with E-state index in [1.807, 2.05) is 66.8 Å². The molecule has 0 saturated heterocycles. The van der Waals surface area contributed by atoms with Crippen molar-refractivity contribution in [3.63, 3.8) is 0 Å². The van der Waals surface area contributed by atoms with E-state index in [1.54, 1.807) is 10.8 Å². The molecule has 92 valence electrons. The number of fused-ring (bicyclic) bond motifs is 1. The van der Waals surface area contributed by atoms with Crippen LogP contribution in [0.5, 0.6) is 0 Å². The van der Waals surface area contributed by atoms with Gasteiger partial charge in [0.1, 0.15) is 6.33 Å². The Balaban J connectivity index is 0. The lowest BCUT2D eigenvalue weighted by Crippen LogP contribution is -1.86. The lowest BCUT2D eigenvalue weighted by atomic mass is 10.3. The van der Waals surface area contributed by atoms with Crippen molar-refractivity contribution in [3.05, 3.63) is 30.2 Å². The predicted molar refractivity (Wildman–Crippen MR) is 71.8 cm³/mol. The molecule has 2 aromatic heterocycles. The maximum absolute atomic E-state index is 4.01. The first-order valence-electron chi connectivity index (χ1n) is 6.12. The van der Waals surface area contributed by atoms with Crippen LogP contribution >= 0.6 is 0 Å². The molecule has 3 heteroatoms. The van der Waals surface area contributed by atoms with Crippen molar-refractivity contribution in [1.82, 2.24) is 14.6 Å². The van der Waals surface area contributed by atoms with Crippen LogP contribution in [0.1, 0.15) is 47.1 Å². The van der Waals surface area contributed by atoms with Crippen molar-refractivity contribution in [3.8, 4) is 0 Å². The largest absolute Gasteiger partial charge is 0.221 e. The molecule has 0 aliphatic carbocycles. The van der Waals surface area contributed by atoms with Crippen LogP contribution in [0, 0.1) is 6.92 Å². The molecule has 0 saturated carbocycles. The van der Waals surface area contributed by atoms with Gasteiger partial charge in [0.2, 0.25) is 0 Å². The molecular formula is C13H25N3. The summed E-state index contributed by atoms with van der Waals surface area (Å²) in [5, 5.41) is 3.99. The topological polar surface area (TPSA) is 30.2 Å². The molecule has 0 radical (unpaired) electrons. The van der Waals surface area contributed by atoms with Crippen LogP contribution in [-0.4, -0.2) is 14.6 Å². The highest BCUT2D eigenvalue weighted by Crippen LogP contribution is 1.99. The van der Waals surface area contributed by atoms with Gasteiger partial charge in [-0.1, -0.05) is 47.6 Å². The first-order valence-corrected chi connectivity index (χ1v) is 6.12. The summed E-state index contributed by atoms with van der Waals surface area (Å²) in [5.74, 6) is 0. The average Bonchev–Trinajstić information content (AvgIpc) is 2.84. The van der Waals surface area contributed by atoms with E-state index >= 15 is 0 Å². The third kappa shape index (κ3) is 5.49. The van der Waals surface area contributed by atoms with E-state index in [-0.39, 0.29) is 0 Å². The molecule has 0 aliphatic heterocycles. The summed E-state index contributed by atoms with van der Waals surface area (Å²) in [6.07, 6.45) is 3.50. The zero-order chi connectivity index (χ0) is 13.0. The van der Waals surface area contributed by atoms with Gasteiger partial charge in [0.25, 0.3) is 0 Å². The summed E-state index contributed by atoms with van der Waals surface area (Å²) in [4.78, 5) is 4.01. The fourth-order valence-corrected chi connectivity index (χ4v) is 0.920. The van der Waals surface area contributed by atoms with Gasteiger partial charge in [-0.15, -0.1) is 0 Å². The van der Waals surface area contributed by atoms with Crippen LogP contribution < -0.4 is 0 Å². The molecule has 0 amide bonds. The molecule has 0 spiro atoms. The van der Waals surface area contributed by atoms with Gasteiger partial charge >= 0.3 is 0 Å². The van der Waals surface area contributed by atoms with Crippen LogP contribution in [0.15, 0.2) is 24.7 Å². The number of hydrogen-bond acceptors (Lipinski definition) is 2. The Kier molecular flexibility index (Phi) is 12.4. The number of nitrogens with zero attached hydrogens (tertiary/aromatic N) is 3. The van der Waals surface area contributed by atoms with Crippen molar-refractivity contribution >= 4 is 5.65 Å². The van der Waals surface area contributed by atoms with Crippen molar-refractivity contribution in [2.75, 3.05) is 0 Å². The summed E-state index contributed by atoms with van der Waals surface area (Å²) >= 11 is 0. The van der Waals surface area contributed by atoms with Crippen LogP contribution in [-0.2, 0) is 0 Å². The zero-order valence-corrected chi connectivity index (χ0v) is 11.7. The van der Waals surface area contributed by atoms with Crippen molar-refractivity contribution in [1.29, 1.82) is 0 Å². The second-order valence-corrected chi connectivity index (χ2v) is 2.27. The molecule has 0 fully saturated rings.